The number of methoxy groups -OCH3 is 1. The first kappa shape index (κ1) is 26.6. The van der Waals surface area contributed by atoms with E-state index in [1.807, 2.05) is 24.3 Å². The van der Waals surface area contributed by atoms with E-state index in [0.717, 1.165) is 17.0 Å². The van der Waals surface area contributed by atoms with Gasteiger partial charge in [0.15, 0.2) is 11.5 Å². The van der Waals surface area contributed by atoms with Gasteiger partial charge in [0.25, 0.3) is 0 Å². The van der Waals surface area contributed by atoms with Crippen molar-refractivity contribution in [2.45, 2.75) is 52.1 Å². The molecule has 3 atom stereocenters. The molecular weight excluding hydrogens is 494 g/mol. The molecule has 0 spiro atoms. The molecule has 7 nitrogen and oxygen atoms in total. The van der Waals surface area contributed by atoms with Gasteiger partial charge in [0, 0.05) is 29.7 Å². The number of aromatic hydroxyl groups is 1. The number of halogens is 1. The van der Waals surface area contributed by atoms with Crippen molar-refractivity contribution < 1.29 is 28.9 Å². The molecule has 37 heavy (non-hydrogen) atoms. The van der Waals surface area contributed by atoms with Crippen LogP contribution in [0, 0.1) is 5.92 Å². The van der Waals surface area contributed by atoms with Gasteiger partial charge in [0.1, 0.15) is 11.5 Å². The first-order valence-electron chi connectivity index (χ1n) is 12.4. The minimum Gasteiger partial charge on any atom is -0.503 e. The Labute approximate surface area is 222 Å². The van der Waals surface area contributed by atoms with Gasteiger partial charge >= 0.3 is 5.97 Å². The number of rotatable bonds is 7. The van der Waals surface area contributed by atoms with Crippen LogP contribution in [0.3, 0.4) is 0 Å². The summed E-state index contributed by atoms with van der Waals surface area (Å²) >= 11 is 6.37. The van der Waals surface area contributed by atoms with Crippen LogP contribution in [0.2, 0.25) is 5.02 Å². The number of esters is 1. The molecule has 4 rings (SSSR count). The second-order valence-electron chi connectivity index (χ2n) is 9.53. The van der Waals surface area contributed by atoms with Crippen LogP contribution in [0.5, 0.6) is 17.2 Å². The molecule has 0 saturated carbocycles. The van der Waals surface area contributed by atoms with E-state index in [-0.39, 0.29) is 40.7 Å². The van der Waals surface area contributed by atoms with Crippen LogP contribution in [0.1, 0.15) is 57.1 Å². The van der Waals surface area contributed by atoms with E-state index in [9.17, 15) is 14.7 Å². The van der Waals surface area contributed by atoms with E-state index in [2.05, 4.69) is 11.4 Å². The van der Waals surface area contributed by atoms with Crippen LogP contribution in [-0.2, 0) is 14.3 Å². The van der Waals surface area contributed by atoms with Crippen LogP contribution < -0.4 is 14.8 Å². The summed E-state index contributed by atoms with van der Waals surface area (Å²) in [7, 11) is 1.61. The summed E-state index contributed by atoms with van der Waals surface area (Å²) < 4.78 is 16.4. The molecule has 1 aliphatic carbocycles. The van der Waals surface area contributed by atoms with Crippen molar-refractivity contribution in [3.63, 3.8) is 0 Å². The summed E-state index contributed by atoms with van der Waals surface area (Å²) in [6.45, 7) is 7.47. The standard InChI is InChI=1S/C29H32ClNO6/c1-6-36-24-14-19(11-21(30)28(24)33)26-25(29(34)37-15(2)3)16(4)31-22-12-18(13-23(32)27(22)26)17-7-9-20(35-5)10-8-17/h7-12,14-15,18,26-27,31,33H,6,13H2,1-5H3. The van der Waals surface area contributed by atoms with Crippen LogP contribution in [0.25, 0.3) is 0 Å². The van der Waals surface area contributed by atoms with Crippen molar-refractivity contribution in [3.8, 4) is 17.2 Å². The normalized spacial score (nSPS) is 21.2. The molecule has 8 heteroatoms. The van der Waals surface area contributed by atoms with E-state index in [4.69, 9.17) is 25.8 Å². The average molecular weight is 526 g/mol. The zero-order valence-corrected chi connectivity index (χ0v) is 22.4. The monoisotopic (exact) mass is 525 g/mol. The number of carbonyl (C=O) groups excluding carboxylic acids is 2. The summed E-state index contributed by atoms with van der Waals surface area (Å²) in [5.74, 6) is -1.20. The highest BCUT2D eigenvalue weighted by Gasteiger charge is 2.45. The Kier molecular flexibility index (Phi) is 7.83. The minimum absolute atomic E-state index is 0.0136. The molecule has 0 fully saturated rings. The van der Waals surface area contributed by atoms with Crippen molar-refractivity contribution in [2.24, 2.45) is 5.92 Å². The highest BCUT2D eigenvalue weighted by Crippen LogP contribution is 2.48. The van der Waals surface area contributed by atoms with Gasteiger partial charge in [0.2, 0.25) is 0 Å². The van der Waals surface area contributed by atoms with Crippen molar-refractivity contribution >= 4 is 23.4 Å². The fourth-order valence-corrected chi connectivity index (χ4v) is 5.31. The lowest BCUT2D eigenvalue weighted by atomic mass is 9.68. The van der Waals surface area contributed by atoms with E-state index in [0.29, 0.717) is 23.4 Å². The number of allylic oxidation sites excluding steroid dienone is 3. The lowest BCUT2D eigenvalue weighted by Crippen LogP contribution is -2.42. The second-order valence-corrected chi connectivity index (χ2v) is 9.93. The van der Waals surface area contributed by atoms with Gasteiger partial charge in [-0.15, -0.1) is 0 Å². The quantitative estimate of drug-likeness (QED) is 0.453. The molecular formula is C29H32ClNO6. The van der Waals surface area contributed by atoms with E-state index >= 15 is 0 Å². The number of carbonyl (C=O) groups is 2. The van der Waals surface area contributed by atoms with Gasteiger partial charge in [-0.1, -0.05) is 29.8 Å². The number of benzene rings is 2. The first-order chi connectivity index (χ1) is 17.6. The highest BCUT2D eigenvalue weighted by molar-refractivity contribution is 6.32. The summed E-state index contributed by atoms with van der Waals surface area (Å²) in [5, 5.41) is 13.8. The van der Waals surface area contributed by atoms with E-state index < -0.39 is 17.8 Å². The predicted molar refractivity (Wildman–Crippen MR) is 141 cm³/mol. The van der Waals surface area contributed by atoms with E-state index in [1.54, 1.807) is 46.9 Å². The Hall–Kier alpha value is -3.45. The number of ether oxygens (including phenoxy) is 3. The molecule has 3 unspecified atom stereocenters. The van der Waals surface area contributed by atoms with Gasteiger partial charge in [-0.25, -0.2) is 4.79 Å². The summed E-state index contributed by atoms with van der Waals surface area (Å²) in [5.41, 5.74) is 3.27. The Balaban J connectivity index is 1.85. The van der Waals surface area contributed by atoms with Crippen LogP contribution >= 0.6 is 11.6 Å². The maximum absolute atomic E-state index is 13.8. The van der Waals surface area contributed by atoms with Crippen molar-refractivity contribution in [2.75, 3.05) is 13.7 Å². The number of Topliss-reactive ketones (excluding diaryl/α,β-unsaturated/α-hetero) is 1. The van der Waals surface area contributed by atoms with Crippen LogP contribution in [0.4, 0.5) is 0 Å². The molecule has 1 heterocycles. The third kappa shape index (κ3) is 5.32. The molecule has 0 aromatic heterocycles. The van der Waals surface area contributed by atoms with Gasteiger partial charge < -0.3 is 24.6 Å². The molecule has 1 aliphatic heterocycles. The summed E-state index contributed by atoms with van der Waals surface area (Å²) in [6, 6.07) is 10.9. The van der Waals surface area contributed by atoms with Gasteiger partial charge in [-0.05, 0) is 63.1 Å². The average Bonchev–Trinajstić information content (AvgIpc) is 2.85. The molecule has 2 aliphatic rings. The predicted octanol–water partition coefficient (Wildman–Crippen LogP) is 5.62. The second kappa shape index (κ2) is 10.9. The highest BCUT2D eigenvalue weighted by atomic mass is 35.5. The van der Waals surface area contributed by atoms with E-state index in [1.165, 1.54) is 0 Å². The maximum atomic E-state index is 13.8. The third-order valence-corrected chi connectivity index (χ3v) is 6.97. The fraction of sp³-hybridized carbons (Fsp3) is 0.379. The molecule has 196 valence electrons. The smallest absolute Gasteiger partial charge is 0.336 e. The van der Waals surface area contributed by atoms with Crippen molar-refractivity contribution in [1.29, 1.82) is 0 Å². The lowest BCUT2D eigenvalue weighted by molar-refractivity contribution is -0.143. The lowest BCUT2D eigenvalue weighted by Gasteiger charge is -2.39. The number of nitrogens with one attached hydrogen (secondary N) is 1. The zero-order chi connectivity index (χ0) is 26.9. The summed E-state index contributed by atoms with van der Waals surface area (Å²) in [4.78, 5) is 27.1. The van der Waals surface area contributed by atoms with Crippen molar-refractivity contribution in [3.05, 3.63) is 75.6 Å². The molecule has 2 aromatic carbocycles. The number of phenolic OH excluding ortho intramolecular Hbond substituents is 1. The molecule has 0 saturated heterocycles. The van der Waals surface area contributed by atoms with Crippen LogP contribution in [0.15, 0.2) is 59.4 Å². The maximum Gasteiger partial charge on any atom is 0.336 e. The largest absolute Gasteiger partial charge is 0.503 e. The first-order valence-corrected chi connectivity index (χ1v) is 12.7. The summed E-state index contributed by atoms with van der Waals surface area (Å²) in [6.07, 6.45) is 1.99. The molecule has 0 radical (unpaired) electrons. The fourth-order valence-electron chi connectivity index (χ4n) is 5.09. The topological polar surface area (TPSA) is 94.1 Å². The Morgan fingerprint density at radius 3 is 2.49 bits per heavy atom. The molecule has 2 aromatic rings. The number of ketones is 1. The Morgan fingerprint density at radius 1 is 1.16 bits per heavy atom. The SMILES string of the molecule is CCOc1cc(C2C(C(=O)OC(C)C)=C(C)NC3=CC(c4ccc(OC)cc4)CC(=O)C32)cc(Cl)c1O. The minimum atomic E-state index is -0.666. The Morgan fingerprint density at radius 2 is 1.86 bits per heavy atom. The molecule has 2 N–H and O–H groups in total. The van der Waals surface area contributed by atoms with Gasteiger partial charge in [-0.3, -0.25) is 4.79 Å². The Bertz CT molecular complexity index is 1260. The third-order valence-electron chi connectivity index (χ3n) is 6.68. The molecule has 0 bridgehead atoms. The van der Waals surface area contributed by atoms with Gasteiger partial charge in [-0.2, -0.15) is 0 Å². The zero-order valence-electron chi connectivity index (χ0n) is 21.6. The number of phenols is 1. The number of fused-ring (bicyclic) bond motifs is 1. The molecule has 0 amide bonds. The van der Waals surface area contributed by atoms with Gasteiger partial charge in [0.05, 0.1) is 36.3 Å². The van der Waals surface area contributed by atoms with Crippen LogP contribution in [-0.4, -0.2) is 36.7 Å². The van der Waals surface area contributed by atoms with Crippen molar-refractivity contribution in [1.82, 2.24) is 5.32 Å². The number of hydrogen-bond acceptors (Lipinski definition) is 7. The number of hydrogen-bond donors (Lipinski definition) is 2.